The Morgan fingerprint density at radius 1 is 1.00 bits per heavy atom. The van der Waals surface area contributed by atoms with Gasteiger partial charge in [-0.2, -0.15) is 0 Å². The summed E-state index contributed by atoms with van der Waals surface area (Å²) in [7, 11) is 1.38. The molecule has 0 aliphatic carbocycles. The smallest absolute Gasteiger partial charge is 0.337 e. The van der Waals surface area contributed by atoms with E-state index in [0.717, 1.165) is 34.0 Å². The van der Waals surface area contributed by atoms with E-state index >= 15 is 0 Å². The monoisotopic (exact) mass is 539 g/mol. The first kappa shape index (κ1) is 26.1. The van der Waals surface area contributed by atoms with Gasteiger partial charge in [0.25, 0.3) is 0 Å². The van der Waals surface area contributed by atoms with E-state index in [2.05, 4.69) is 38.1 Å². The number of anilines is 2. The molecule has 1 saturated heterocycles. The molecular weight excluding hydrogens is 510 g/mol. The summed E-state index contributed by atoms with van der Waals surface area (Å²) in [4.78, 5) is 30.5. The van der Waals surface area contributed by atoms with Crippen LogP contribution in [0.2, 0.25) is 0 Å². The van der Waals surface area contributed by atoms with Crippen molar-refractivity contribution in [3.05, 3.63) is 107 Å². The van der Waals surface area contributed by atoms with Crippen LogP contribution in [0.15, 0.2) is 79.0 Å². The number of nitrogens with zero attached hydrogens (tertiary/aromatic N) is 3. The molecule has 1 aliphatic rings. The van der Waals surface area contributed by atoms with Gasteiger partial charge in [-0.1, -0.05) is 12.1 Å². The summed E-state index contributed by atoms with van der Waals surface area (Å²) >= 11 is 5.87. The molecule has 2 aromatic carbocycles. The van der Waals surface area contributed by atoms with Crippen LogP contribution < -0.4 is 15.5 Å². The zero-order valence-corrected chi connectivity index (χ0v) is 23.0. The zero-order valence-electron chi connectivity index (χ0n) is 22.1. The van der Waals surface area contributed by atoms with Crippen LogP contribution in [0.3, 0.4) is 0 Å². The molecule has 0 radical (unpaired) electrons. The van der Waals surface area contributed by atoms with E-state index in [9.17, 15) is 9.59 Å². The lowest BCUT2D eigenvalue weighted by Crippen LogP contribution is -2.29. The largest absolute Gasteiger partial charge is 0.465 e. The van der Waals surface area contributed by atoms with Crippen LogP contribution in [0, 0.1) is 13.8 Å². The van der Waals surface area contributed by atoms with Crippen molar-refractivity contribution in [2.45, 2.75) is 32.9 Å². The summed E-state index contributed by atoms with van der Waals surface area (Å²) in [5.74, 6) is -0.508. The molecule has 3 heterocycles. The summed E-state index contributed by atoms with van der Waals surface area (Å²) in [6.07, 6.45) is 1.78. The highest BCUT2D eigenvalue weighted by atomic mass is 32.1. The fourth-order valence-electron chi connectivity index (χ4n) is 5.23. The summed E-state index contributed by atoms with van der Waals surface area (Å²) in [6.45, 7) is 5.60. The lowest BCUT2D eigenvalue weighted by Gasteiger charge is -2.28. The van der Waals surface area contributed by atoms with Gasteiger partial charge in [-0.25, -0.2) is 4.79 Å². The number of amides is 1. The maximum atomic E-state index is 12.2. The Morgan fingerprint density at radius 3 is 2.44 bits per heavy atom. The minimum atomic E-state index is -0.381. The highest BCUT2D eigenvalue weighted by Gasteiger charge is 2.42. The van der Waals surface area contributed by atoms with Gasteiger partial charge in [0.2, 0.25) is 5.91 Å². The minimum absolute atomic E-state index is 0.127. The standard InChI is InChI=1S/C30H29N5O3S/c1-18-16-25(19(2)34(18)24-9-7-8-21(17-24)29(37)38-4)28-27(26-10-5-6-15-31-26)33-30(39)35(28)23-13-11-22(12-14-23)32-20(3)36/h5-17,27-28H,1-4H3,(H,32,36)(H,33,39)/t27-,28+/m0/s1. The molecule has 2 aromatic heterocycles. The van der Waals surface area contributed by atoms with Gasteiger partial charge in [-0.3, -0.25) is 9.78 Å². The number of methoxy groups -OCH3 is 1. The van der Waals surface area contributed by atoms with Gasteiger partial charge >= 0.3 is 5.97 Å². The third-order valence-corrected chi connectivity index (χ3v) is 7.19. The number of carbonyl (C=O) groups excluding carboxylic acids is 2. The molecule has 198 valence electrons. The fraction of sp³-hybridized carbons (Fsp3) is 0.200. The first-order valence-corrected chi connectivity index (χ1v) is 12.9. The Bertz CT molecular complexity index is 1550. The SMILES string of the molecule is COC(=O)c1cccc(-n2c(C)cc([C@@H]3[C@H](c4ccccn4)NC(=S)N3c3ccc(NC(C)=O)cc3)c2C)c1. The Labute approximate surface area is 232 Å². The Balaban J connectivity index is 1.62. The van der Waals surface area contributed by atoms with Crippen molar-refractivity contribution in [2.75, 3.05) is 17.3 Å². The van der Waals surface area contributed by atoms with Crippen LogP contribution in [0.4, 0.5) is 11.4 Å². The van der Waals surface area contributed by atoms with Gasteiger partial charge < -0.3 is 24.8 Å². The molecule has 0 unspecified atom stereocenters. The van der Waals surface area contributed by atoms with E-state index in [1.54, 1.807) is 12.3 Å². The first-order valence-electron chi connectivity index (χ1n) is 12.5. The predicted octanol–water partition coefficient (Wildman–Crippen LogP) is 5.41. The normalized spacial score (nSPS) is 16.6. The number of hydrogen-bond acceptors (Lipinski definition) is 5. The van der Waals surface area contributed by atoms with Gasteiger partial charge in [-0.15, -0.1) is 0 Å². The molecule has 39 heavy (non-hydrogen) atoms. The Morgan fingerprint density at radius 2 is 1.77 bits per heavy atom. The molecule has 0 saturated carbocycles. The van der Waals surface area contributed by atoms with Crippen LogP contribution in [0.1, 0.15) is 52.0 Å². The number of aromatic nitrogens is 2. The van der Waals surface area contributed by atoms with Crippen LogP contribution in [0.5, 0.6) is 0 Å². The van der Waals surface area contributed by atoms with Crippen molar-refractivity contribution < 1.29 is 14.3 Å². The minimum Gasteiger partial charge on any atom is -0.465 e. The number of benzene rings is 2. The van der Waals surface area contributed by atoms with E-state index in [1.165, 1.54) is 14.0 Å². The van der Waals surface area contributed by atoms with Crippen molar-refractivity contribution >= 4 is 40.6 Å². The molecule has 0 spiro atoms. The number of carbonyl (C=O) groups is 2. The molecule has 8 nitrogen and oxygen atoms in total. The van der Waals surface area contributed by atoms with Gasteiger partial charge in [0, 0.05) is 41.6 Å². The Kier molecular flexibility index (Phi) is 7.17. The lowest BCUT2D eigenvalue weighted by molar-refractivity contribution is -0.114. The van der Waals surface area contributed by atoms with Gasteiger partial charge in [0.05, 0.1) is 30.5 Å². The maximum absolute atomic E-state index is 12.2. The number of hydrogen-bond donors (Lipinski definition) is 2. The average molecular weight is 540 g/mol. The summed E-state index contributed by atoms with van der Waals surface area (Å²) in [6, 6.07) is 22.7. The molecule has 2 atom stereocenters. The van der Waals surface area contributed by atoms with Crippen molar-refractivity contribution in [1.29, 1.82) is 0 Å². The van der Waals surface area contributed by atoms with Crippen molar-refractivity contribution in [1.82, 2.24) is 14.9 Å². The molecule has 2 N–H and O–H groups in total. The third-order valence-electron chi connectivity index (χ3n) is 6.88. The molecule has 5 rings (SSSR count). The Hall–Kier alpha value is -4.50. The maximum Gasteiger partial charge on any atom is 0.337 e. The van der Waals surface area contributed by atoms with Crippen LogP contribution in [-0.2, 0) is 9.53 Å². The number of rotatable bonds is 6. The van der Waals surface area contributed by atoms with Crippen molar-refractivity contribution in [3.8, 4) is 5.69 Å². The molecule has 0 bridgehead atoms. The van der Waals surface area contributed by atoms with Crippen LogP contribution >= 0.6 is 12.2 Å². The highest BCUT2D eigenvalue weighted by molar-refractivity contribution is 7.80. The average Bonchev–Trinajstić information content (AvgIpc) is 3.43. The highest BCUT2D eigenvalue weighted by Crippen LogP contribution is 2.44. The second-order valence-electron chi connectivity index (χ2n) is 9.43. The van der Waals surface area contributed by atoms with E-state index < -0.39 is 0 Å². The van der Waals surface area contributed by atoms with Gasteiger partial charge in [0.15, 0.2) is 5.11 Å². The topological polar surface area (TPSA) is 88.5 Å². The second kappa shape index (κ2) is 10.7. The van der Waals surface area contributed by atoms with Crippen molar-refractivity contribution in [2.24, 2.45) is 0 Å². The van der Waals surface area contributed by atoms with Gasteiger partial charge in [-0.05, 0) is 92.3 Å². The van der Waals surface area contributed by atoms with E-state index in [4.69, 9.17) is 17.0 Å². The van der Waals surface area contributed by atoms with E-state index in [-0.39, 0.29) is 24.0 Å². The predicted molar refractivity (Wildman–Crippen MR) is 155 cm³/mol. The third kappa shape index (κ3) is 5.00. The number of esters is 1. The van der Waals surface area contributed by atoms with E-state index in [0.29, 0.717) is 16.4 Å². The van der Waals surface area contributed by atoms with Crippen LogP contribution in [0.25, 0.3) is 5.69 Å². The molecular formula is C30H29N5O3S. The van der Waals surface area contributed by atoms with E-state index in [1.807, 2.05) is 67.6 Å². The molecule has 9 heteroatoms. The summed E-state index contributed by atoms with van der Waals surface area (Å²) < 4.78 is 7.07. The lowest BCUT2D eigenvalue weighted by atomic mass is 9.96. The second-order valence-corrected chi connectivity index (χ2v) is 9.82. The van der Waals surface area contributed by atoms with Crippen molar-refractivity contribution in [3.63, 3.8) is 0 Å². The summed E-state index contributed by atoms with van der Waals surface area (Å²) in [5, 5.41) is 6.89. The number of aryl methyl sites for hydroxylation is 1. The number of nitrogens with one attached hydrogen (secondary N) is 2. The number of thiocarbonyl (C=S) groups is 1. The van der Waals surface area contributed by atoms with Gasteiger partial charge in [0.1, 0.15) is 0 Å². The molecule has 4 aromatic rings. The first-order chi connectivity index (χ1) is 18.8. The quantitative estimate of drug-likeness (QED) is 0.250. The number of ether oxygens (including phenoxy) is 1. The molecule has 1 aliphatic heterocycles. The molecule has 1 fully saturated rings. The summed E-state index contributed by atoms with van der Waals surface area (Å²) in [5.41, 5.74) is 6.95. The zero-order chi connectivity index (χ0) is 27.7. The molecule has 1 amide bonds. The number of pyridine rings is 1. The fourth-order valence-corrected chi connectivity index (χ4v) is 5.58. The van der Waals surface area contributed by atoms with Crippen LogP contribution in [-0.4, -0.2) is 33.6 Å².